The van der Waals surface area contributed by atoms with Crippen LogP contribution in [0.2, 0.25) is 0 Å². The third-order valence-electron chi connectivity index (χ3n) is 6.69. The van der Waals surface area contributed by atoms with Gasteiger partial charge in [0.15, 0.2) is 11.6 Å². The van der Waals surface area contributed by atoms with Crippen molar-refractivity contribution in [1.29, 1.82) is 0 Å². The van der Waals surface area contributed by atoms with Crippen LogP contribution in [0.25, 0.3) is 0 Å². The van der Waals surface area contributed by atoms with Crippen molar-refractivity contribution < 1.29 is 35.5 Å². The normalized spacial score (nSPS) is 28.1. The van der Waals surface area contributed by atoms with Crippen LogP contribution in [0.3, 0.4) is 0 Å². The van der Waals surface area contributed by atoms with Gasteiger partial charge in [0.2, 0.25) is 5.75 Å². The molecule has 31 heavy (non-hydrogen) atoms. The number of ether oxygens (including phenoxy) is 1. The first-order valence-corrected chi connectivity index (χ1v) is 10.5. The Morgan fingerprint density at radius 1 is 0.871 bits per heavy atom. The molecule has 2 aliphatic carbocycles. The maximum atomic E-state index is 14.3. The van der Waals surface area contributed by atoms with Gasteiger partial charge in [0.05, 0.1) is 0 Å². The first kappa shape index (κ1) is 23.7. The summed E-state index contributed by atoms with van der Waals surface area (Å²) in [7, 11) is 0. The maximum absolute atomic E-state index is 14.3. The molecule has 0 bridgehead atoms. The number of hydrogen-bond donors (Lipinski definition) is 0. The molecular weight excluding hydrogens is 425 g/mol. The Morgan fingerprint density at radius 2 is 1.35 bits per heavy atom. The molecule has 0 amide bonds. The molecule has 1 nitrogen and oxygen atoms in total. The van der Waals surface area contributed by atoms with Crippen LogP contribution in [0.1, 0.15) is 62.8 Å². The molecule has 0 radical (unpaired) electrons. The van der Waals surface area contributed by atoms with Gasteiger partial charge < -0.3 is 4.74 Å². The average Bonchev–Trinajstić information content (AvgIpc) is 2.75. The van der Waals surface area contributed by atoms with Crippen molar-refractivity contribution in [3.05, 3.63) is 53.8 Å². The molecule has 1 aromatic rings. The van der Waals surface area contributed by atoms with Gasteiger partial charge >= 0.3 is 12.2 Å². The predicted molar refractivity (Wildman–Crippen MR) is 103 cm³/mol. The van der Waals surface area contributed by atoms with Gasteiger partial charge in [-0.3, -0.25) is 0 Å². The van der Waals surface area contributed by atoms with E-state index in [1.807, 2.05) is 6.08 Å². The zero-order valence-corrected chi connectivity index (χ0v) is 17.0. The zero-order valence-electron chi connectivity index (χ0n) is 17.0. The maximum Gasteiger partial charge on any atom is 0.449 e. The second-order valence-corrected chi connectivity index (χ2v) is 8.52. The highest BCUT2D eigenvalue weighted by Crippen LogP contribution is 2.45. The fraction of sp³-hybridized carbons (Fsp3) is 0.565. The summed E-state index contributed by atoms with van der Waals surface area (Å²) in [6, 6.07) is -0.876. The van der Waals surface area contributed by atoms with Gasteiger partial charge in [-0.25, -0.2) is 8.78 Å². The van der Waals surface area contributed by atoms with E-state index in [4.69, 9.17) is 0 Å². The summed E-state index contributed by atoms with van der Waals surface area (Å²) in [6.45, 7) is 3.86. The third kappa shape index (κ3) is 5.63. The fourth-order valence-corrected chi connectivity index (χ4v) is 4.93. The van der Waals surface area contributed by atoms with Crippen LogP contribution in [-0.2, 0) is 0 Å². The number of rotatable bonds is 5. The van der Waals surface area contributed by atoms with Gasteiger partial charge in [-0.2, -0.15) is 22.0 Å². The number of halogens is 7. The van der Waals surface area contributed by atoms with E-state index in [0.717, 1.165) is 63.5 Å². The molecule has 0 aromatic heterocycles. The van der Waals surface area contributed by atoms with Crippen LogP contribution in [0.15, 0.2) is 36.6 Å². The lowest BCUT2D eigenvalue weighted by Crippen LogP contribution is -2.25. The molecule has 0 heterocycles. The molecule has 8 heteroatoms. The van der Waals surface area contributed by atoms with E-state index in [2.05, 4.69) is 11.3 Å². The van der Waals surface area contributed by atoms with Crippen LogP contribution >= 0.6 is 0 Å². The lowest BCUT2D eigenvalue weighted by molar-refractivity contribution is -0.114. The molecule has 2 saturated carbocycles. The average molecular weight is 450 g/mol. The second kappa shape index (κ2) is 9.65. The van der Waals surface area contributed by atoms with Crippen LogP contribution in [-0.4, -0.2) is 6.18 Å². The highest BCUT2D eigenvalue weighted by molar-refractivity contribution is 5.34. The van der Waals surface area contributed by atoms with Gasteiger partial charge in [-0.15, -0.1) is 6.58 Å². The molecule has 3 rings (SSSR count). The van der Waals surface area contributed by atoms with Gasteiger partial charge in [-0.05, 0) is 92.7 Å². The Balaban J connectivity index is 1.64. The highest BCUT2D eigenvalue weighted by atomic mass is 19.4. The Kier molecular flexibility index (Phi) is 7.37. The molecule has 0 saturated heterocycles. The second-order valence-electron chi connectivity index (χ2n) is 8.52. The van der Waals surface area contributed by atoms with Gasteiger partial charge in [0, 0.05) is 0 Å². The molecular formula is C23H25F7O. The minimum Gasteiger partial charge on any atom is -0.423 e. The van der Waals surface area contributed by atoms with E-state index >= 15 is 0 Å². The Bertz CT molecular complexity index is 791. The summed E-state index contributed by atoms with van der Waals surface area (Å²) in [5.41, 5.74) is 0.344. The number of hydrogen-bond acceptors (Lipinski definition) is 1. The van der Waals surface area contributed by atoms with Crippen molar-refractivity contribution in [2.75, 3.05) is 0 Å². The van der Waals surface area contributed by atoms with Crippen molar-refractivity contribution >= 4 is 0 Å². The van der Waals surface area contributed by atoms with Crippen molar-refractivity contribution in [3.63, 3.8) is 0 Å². The van der Waals surface area contributed by atoms with Crippen LogP contribution in [0.5, 0.6) is 5.75 Å². The summed E-state index contributed by atoms with van der Waals surface area (Å²) in [5.74, 6) is -5.61. The van der Waals surface area contributed by atoms with Crippen LogP contribution in [0.4, 0.5) is 30.7 Å². The van der Waals surface area contributed by atoms with Gasteiger partial charge in [0.1, 0.15) is 0 Å². The van der Waals surface area contributed by atoms with E-state index < -0.39 is 35.4 Å². The lowest BCUT2D eigenvalue weighted by Gasteiger charge is -2.37. The highest BCUT2D eigenvalue weighted by Gasteiger charge is 2.40. The smallest absolute Gasteiger partial charge is 0.423 e. The first-order valence-electron chi connectivity index (χ1n) is 10.5. The van der Waals surface area contributed by atoms with E-state index in [1.54, 1.807) is 0 Å². The van der Waals surface area contributed by atoms with Crippen LogP contribution in [0, 0.1) is 29.4 Å². The molecule has 0 atom stereocenters. The molecule has 1 aromatic carbocycles. The number of alkyl halides is 3. The fourth-order valence-electron chi connectivity index (χ4n) is 4.93. The monoisotopic (exact) mass is 450 g/mol. The lowest BCUT2D eigenvalue weighted by atomic mass is 9.68. The van der Waals surface area contributed by atoms with Crippen molar-refractivity contribution in [3.8, 4) is 5.75 Å². The van der Waals surface area contributed by atoms with E-state index in [-0.39, 0.29) is 5.92 Å². The largest absolute Gasteiger partial charge is 0.449 e. The van der Waals surface area contributed by atoms with E-state index in [1.165, 1.54) is 0 Å². The van der Waals surface area contributed by atoms with E-state index in [0.29, 0.717) is 23.3 Å². The molecule has 2 aliphatic rings. The van der Waals surface area contributed by atoms with Gasteiger partial charge in [-0.1, -0.05) is 6.08 Å². The Labute approximate surface area is 177 Å². The zero-order chi connectivity index (χ0) is 22.8. The van der Waals surface area contributed by atoms with Crippen LogP contribution < -0.4 is 4.74 Å². The third-order valence-corrected chi connectivity index (χ3v) is 6.69. The molecule has 0 aliphatic heterocycles. The predicted octanol–water partition coefficient (Wildman–Crippen LogP) is 8.28. The number of allylic oxidation sites excluding steroid dienone is 2. The molecule has 0 spiro atoms. The molecule has 0 N–H and O–H groups in total. The Hall–Kier alpha value is -1.99. The van der Waals surface area contributed by atoms with Crippen molar-refractivity contribution in [2.24, 2.45) is 17.8 Å². The van der Waals surface area contributed by atoms with Crippen molar-refractivity contribution in [1.82, 2.24) is 0 Å². The topological polar surface area (TPSA) is 9.23 Å². The minimum absolute atomic E-state index is 0.105. The summed E-state index contributed by atoms with van der Waals surface area (Å²) < 4.78 is 95.0. The van der Waals surface area contributed by atoms with Crippen molar-refractivity contribution in [2.45, 2.75) is 63.5 Å². The number of benzene rings is 1. The molecule has 172 valence electrons. The Morgan fingerprint density at radius 3 is 1.81 bits per heavy atom. The molecule has 0 unspecified atom stereocenters. The van der Waals surface area contributed by atoms with Gasteiger partial charge in [0.25, 0.3) is 5.83 Å². The summed E-state index contributed by atoms with van der Waals surface area (Å²) in [5, 5.41) is 0. The first-order chi connectivity index (χ1) is 14.6. The summed E-state index contributed by atoms with van der Waals surface area (Å²) >= 11 is 0. The van der Waals surface area contributed by atoms with E-state index in [9.17, 15) is 30.7 Å². The molecule has 2 fully saturated rings. The SMILES string of the molecule is C=CC1CCC(C2CCC(c3cc(F)c(OC(F)=C(F)C(F)(F)F)c(F)c3)CC2)CC1. The standard InChI is InChI=1S/C23H25F7O/c1-2-13-3-5-14(6-4-13)15-7-9-16(10-8-15)17-11-18(24)20(19(25)12-17)31-22(27)21(26)23(28,29)30/h2,11-16H,1,3-10H2. The minimum atomic E-state index is -5.65. The quantitative estimate of drug-likeness (QED) is 0.249. The summed E-state index contributed by atoms with van der Waals surface area (Å²) in [4.78, 5) is 0. The summed E-state index contributed by atoms with van der Waals surface area (Å²) in [6.07, 6.45) is 4.32.